The van der Waals surface area contributed by atoms with Crippen LogP contribution in [0.5, 0.6) is 0 Å². The first-order valence-electron chi connectivity index (χ1n) is 5.92. The molecule has 0 aliphatic carbocycles. The number of amides is 1. The molecule has 19 heavy (non-hydrogen) atoms. The largest absolute Gasteiger partial charge is 0.395 e. The number of nitrogens with zero attached hydrogens (tertiary/aromatic N) is 3. The highest BCUT2D eigenvalue weighted by atomic mass is 32.1. The topological polar surface area (TPSA) is 79.5 Å². The molecule has 2 heterocycles. The number of likely N-dealkylation sites (N-methyl/N-ethyl adjacent to an activating group) is 1. The molecule has 6 nitrogen and oxygen atoms in total. The summed E-state index contributed by atoms with van der Waals surface area (Å²) in [5.41, 5.74) is 0. The van der Waals surface area contributed by atoms with Crippen molar-refractivity contribution in [2.75, 3.05) is 20.2 Å². The number of rotatable bonds is 6. The van der Waals surface area contributed by atoms with E-state index in [0.717, 1.165) is 4.88 Å². The number of thiophene rings is 1. The summed E-state index contributed by atoms with van der Waals surface area (Å²) in [6, 6.07) is 3.84. The average Bonchev–Trinajstić information content (AvgIpc) is 3.06. The van der Waals surface area contributed by atoms with Crippen molar-refractivity contribution in [2.45, 2.75) is 12.8 Å². The van der Waals surface area contributed by atoms with Crippen molar-refractivity contribution in [3.63, 3.8) is 0 Å². The van der Waals surface area contributed by atoms with Crippen LogP contribution in [0.2, 0.25) is 0 Å². The summed E-state index contributed by atoms with van der Waals surface area (Å²) in [5, 5.41) is 14.6. The minimum Gasteiger partial charge on any atom is -0.395 e. The zero-order chi connectivity index (χ0) is 13.7. The van der Waals surface area contributed by atoms with E-state index in [1.54, 1.807) is 7.05 Å². The van der Waals surface area contributed by atoms with Gasteiger partial charge in [0.05, 0.1) is 11.5 Å². The van der Waals surface area contributed by atoms with Gasteiger partial charge in [-0.05, 0) is 11.4 Å². The normalized spacial score (nSPS) is 10.6. The molecule has 0 saturated carbocycles. The molecule has 0 unspecified atom stereocenters. The number of aromatic nitrogens is 2. The lowest BCUT2D eigenvalue weighted by molar-refractivity contribution is -0.130. The van der Waals surface area contributed by atoms with E-state index in [2.05, 4.69) is 10.1 Å². The molecule has 1 N–H and O–H groups in total. The van der Waals surface area contributed by atoms with Crippen LogP contribution in [0.15, 0.2) is 22.0 Å². The Balaban J connectivity index is 1.89. The summed E-state index contributed by atoms with van der Waals surface area (Å²) < 4.78 is 5.10. The van der Waals surface area contributed by atoms with Gasteiger partial charge < -0.3 is 14.5 Å². The van der Waals surface area contributed by atoms with Gasteiger partial charge in [-0.25, -0.2) is 0 Å². The summed E-state index contributed by atoms with van der Waals surface area (Å²) in [6.07, 6.45) is 0.704. The fourth-order valence-corrected chi connectivity index (χ4v) is 2.19. The summed E-state index contributed by atoms with van der Waals surface area (Å²) in [5.74, 6) is 0.959. The standard InChI is InChI=1S/C12H15N3O3S/c1-15(6-7-16)11(17)5-4-10-13-12(14-18-10)9-3-2-8-19-9/h2-3,8,16H,4-7H2,1H3. The number of hydrogen-bond donors (Lipinski definition) is 1. The molecule has 0 atom stereocenters. The quantitative estimate of drug-likeness (QED) is 0.860. The molecule has 0 aliphatic rings. The Kier molecular flexibility index (Phi) is 4.64. The third kappa shape index (κ3) is 3.62. The van der Waals surface area contributed by atoms with Gasteiger partial charge in [-0.3, -0.25) is 4.79 Å². The van der Waals surface area contributed by atoms with E-state index in [9.17, 15) is 4.79 Å². The van der Waals surface area contributed by atoms with Gasteiger partial charge in [-0.15, -0.1) is 11.3 Å². The molecule has 0 aromatic carbocycles. The molecule has 0 bridgehead atoms. The van der Waals surface area contributed by atoms with Crippen LogP contribution >= 0.6 is 11.3 Å². The van der Waals surface area contributed by atoms with Gasteiger partial charge >= 0.3 is 0 Å². The molecule has 2 aromatic heterocycles. The maximum Gasteiger partial charge on any atom is 0.227 e. The summed E-state index contributed by atoms with van der Waals surface area (Å²) in [4.78, 5) is 18.3. The van der Waals surface area contributed by atoms with Gasteiger partial charge in [0.2, 0.25) is 17.6 Å². The summed E-state index contributed by atoms with van der Waals surface area (Å²) in [6.45, 7) is 0.300. The Hall–Kier alpha value is -1.73. The van der Waals surface area contributed by atoms with E-state index in [4.69, 9.17) is 9.63 Å². The van der Waals surface area contributed by atoms with Gasteiger partial charge in [0.25, 0.3) is 0 Å². The van der Waals surface area contributed by atoms with Crippen molar-refractivity contribution in [1.82, 2.24) is 15.0 Å². The molecule has 102 valence electrons. The minimum absolute atomic E-state index is 0.0364. The van der Waals surface area contributed by atoms with Crippen LogP contribution in [0.3, 0.4) is 0 Å². The van der Waals surface area contributed by atoms with Crippen LogP contribution in [-0.4, -0.2) is 46.3 Å². The first-order chi connectivity index (χ1) is 9.20. The van der Waals surface area contributed by atoms with Gasteiger partial charge in [0.15, 0.2) is 0 Å². The van der Waals surface area contributed by atoms with Crippen LogP contribution in [-0.2, 0) is 11.2 Å². The van der Waals surface area contributed by atoms with Crippen molar-refractivity contribution >= 4 is 17.2 Å². The summed E-state index contributed by atoms with van der Waals surface area (Å²) >= 11 is 1.54. The third-order valence-electron chi connectivity index (χ3n) is 2.62. The predicted molar refractivity (Wildman–Crippen MR) is 70.7 cm³/mol. The maximum absolute atomic E-state index is 11.7. The number of carbonyl (C=O) groups is 1. The number of hydrogen-bond acceptors (Lipinski definition) is 6. The number of aliphatic hydroxyl groups is 1. The van der Waals surface area contributed by atoms with E-state index < -0.39 is 0 Å². The second kappa shape index (κ2) is 6.44. The Morgan fingerprint density at radius 1 is 1.58 bits per heavy atom. The van der Waals surface area contributed by atoms with Crippen LogP contribution in [0.1, 0.15) is 12.3 Å². The van der Waals surface area contributed by atoms with E-state index >= 15 is 0 Å². The van der Waals surface area contributed by atoms with Crippen molar-refractivity contribution in [1.29, 1.82) is 0 Å². The van der Waals surface area contributed by atoms with Gasteiger partial charge in [0, 0.05) is 26.4 Å². The fraction of sp³-hybridized carbons (Fsp3) is 0.417. The van der Waals surface area contributed by atoms with E-state index in [1.165, 1.54) is 16.2 Å². The molecule has 0 radical (unpaired) electrons. The zero-order valence-electron chi connectivity index (χ0n) is 10.6. The van der Waals surface area contributed by atoms with Crippen LogP contribution in [0.25, 0.3) is 10.7 Å². The Morgan fingerprint density at radius 2 is 2.42 bits per heavy atom. The van der Waals surface area contributed by atoms with E-state index in [1.807, 2.05) is 17.5 Å². The van der Waals surface area contributed by atoms with Gasteiger partial charge in [-0.1, -0.05) is 11.2 Å². The van der Waals surface area contributed by atoms with Crippen LogP contribution in [0.4, 0.5) is 0 Å². The number of aryl methyl sites for hydroxylation is 1. The lowest BCUT2D eigenvalue weighted by Crippen LogP contribution is -2.29. The highest BCUT2D eigenvalue weighted by Gasteiger charge is 2.13. The van der Waals surface area contributed by atoms with Crippen molar-refractivity contribution < 1.29 is 14.4 Å². The summed E-state index contributed by atoms with van der Waals surface area (Å²) in [7, 11) is 1.66. The van der Waals surface area contributed by atoms with E-state index in [0.29, 0.717) is 31.1 Å². The molecule has 2 rings (SSSR count). The molecule has 0 fully saturated rings. The van der Waals surface area contributed by atoms with Crippen molar-refractivity contribution in [2.24, 2.45) is 0 Å². The van der Waals surface area contributed by atoms with Crippen LogP contribution in [0, 0.1) is 0 Å². The molecule has 0 spiro atoms. The van der Waals surface area contributed by atoms with Gasteiger partial charge in [0.1, 0.15) is 0 Å². The average molecular weight is 281 g/mol. The highest BCUT2D eigenvalue weighted by molar-refractivity contribution is 7.13. The molecule has 1 amide bonds. The Labute approximate surface area is 114 Å². The van der Waals surface area contributed by atoms with Crippen molar-refractivity contribution in [3.8, 4) is 10.7 Å². The highest BCUT2D eigenvalue weighted by Crippen LogP contribution is 2.21. The molecule has 2 aromatic rings. The first kappa shape index (κ1) is 13.7. The maximum atomic E-state index is 11.7. The fourth-order valence-electron chi connectivity index (χ4n) is 1.54. The molecule has 7 heteroatoms. The number of aliphatic hydroxyl groups excluding tert-OH is 1. The van der Waals surface area contributed by atoms with Gasteiger partial charge in [-0.2, -0.15) is 4.98 Å². The number of carbonyl (C=O) groups excluding carboxylic acids is 1. The van der Waals surface area contributed by atoms with Crippen molar-refractivity contribution in [3.05, 3.63) is 23.4 Å². The molecular formula is C12H15N3O3S. The lowest BCUT2D eigenvalue weighted by atomic mass is 10.3. The van der Waals surface area contributed by atoms with Crippen LogP contribution < -0.4 is 0 Å². The molecule has 0 saturated heterocycles. The second-order valence-corrected chi connectivity index (χ2v) is 4.98. The minimum atomic E-state index is -0.0510. The zero-order valence-corrected chi connectivity index (χ0v) is 11.4. The smallest absolute Gasteiger partial charge is 0.227 e. The van der Waals surface area contributed by atoms with E-state index in [-0.39, 0.29) is 12.5 Å². The molecular weight excluding hydrogens is 266 g/mol. The first-order valence-corrected chi connectivity index (χ1v) is 6.80. The second-order valence-electron chi connectivity index (χ2n) is 4.03. The predicted octanol–water partition coefficient (Wildman–Crippen LogP) is 1.18. The molecule has 0 aliphatic heterocycles. The third-order valence-corrected chi connectivity index (χ3v) is 3.49. The Bertz CT molecular complexity index is 524. The SMILES string of the molecule is CN(CCO)C(=O)CCc1nc(-c2cccs2)no1. The Morgan fingerprint density at radius 3 is 3.11 bits per heavy atom. The monoisotopic (exact) mass is 281 g/mol. The lowest BCUT2D eigenvalue weighted by Gasteiger charge is -2.14.